The van der Waals surface area contributed by atoms with Crippen LogP contribution in [0.4, 0.5) is 0 Å². The fourth-order valence-corrected chi connectivity index (χ4v) is 3.08. The lowest BCUT2D eigenvalue weighted by molar-refractivity contribution is 0.295. The van der Waals surface area contributed by atoms with Gasteiger partial charge in [-0.3, -0.25) is 4.79 Å². The Balaban J connectivity index is 2.19. The summed E-state index contributed by atoms with van der Waals surface area (Å²) in [6.45, 7) is 3.63. The predicted molar refractivity (Wildman–Crippen MR) is 107 cm³/mol. The number of benzene rings is 2. The highest BCUT2D eigenvalue weighted by molar-refractivity contribution is 5.89. The van der Waals surface area contributed by atoms with E-state index in [1.54, 1.807) is 12.1 Å². The van der Waals surface area contributed by atoms with Gasteiger partial charge in [-0.25, -0.2) is 0 Å². The van der Waals surface area contributed by atoms with Gasteiger partial charge in [-0.05, 0) is 43.5 Å². The lowest BCUT2D eigenvalue weighted by Crippen LogP contribution is -2.07. The smallest absolute Gasteiger partial charge is 0.204 e. The molecule has 3 rings (SSSR count). The fourth-order valence-electron chi connectivity index (χ4n) is 3.08. The van der Waals surface area contributed by atoms with E-state index in [2.05, 4.69) is 0 Å². The zero-order valence-corrected chi connectivity index (χ0v) is 15.7. The summed E-state index contributed by atoms with van der Waals surface area (Å²) in [6.07, 6.45) is 3.76. The Hall–Kier alpha value is -3.25. The number of fused-ring (bicyclic) bond motifs is 1. The lowest BCUT2D eigenvalue weighted by Gasteiger charge is -2.11. The number of allylic oxidation sites excluding steroid dienone is 2. The summed E-state index contributed by atoms with van der Waals surface area (Å²) in [5, 5.41) is 39.6. The molecule has 2 aromatic carbocycles. The van der Waals surface area contributed by atoms with E-state index in [1.165, 1.54) is 18.4 Å². The van der Waals surface area contributed by atoms with Gasteiger partial charge in [0.1, 0.15) is 34.5 Å². The minimum Gasteiger partial charge on any atom is -0.508 e. The molecule has 146 valence electrons. The topological polar surface area (TPSA) is 111 Å². The predicted octanol–water partition coefficient (Wildman–Crippen LogP) is 3.62. The van der Waals surface area contributed by atoms with Crippen molar-refractivity contribution in [3.63, 3.8) is 0 Å². The molecule has 0 aliphatic carbocycles. The zero-order valence-electron chi connectivity index (χ0n) is 15.7. The van der Waals surface area contributed by atoms with Gasteiger partial charge < -0.3 is 24.8 Å². The van der Waals surface area contributed by atoms with Crippen LogP contribution in [0.15, 0.2) is 51.4 Å². The molecule has 4 N–H and O–H groups in total. The second kappa shape index (κ2) is 7.78. The van der Waals surface area contributed by atoms with Crippen molar-refractivity contribution in [2.75, 3.05) is 6.61 Å². The first-order valence-corrected chi connectivity index (χ1v) is 8.89. The van der Waals surface area contributed by atoms with Crippen molar-refractivity contribution in [2.24, 2.45) is 0 Å². The van der Waals surface area contributed by atoms with Crippen molar-refractivity contribution in [1.82, 2.24) is 0 Å². The Labute approximate surface area is 161 Å². The van der Waals surface area contributed by atoms with Crippen LogP contribution in [0.3, 0.4) is 0 Å². The Morgan fingerprint density at radius 1 is 1.11 bits per heavy atom. The largest absolute Gasteiger partial charge is 0.508 e. The Kier molecular flexibility index (Phi) is 5.42. The maximum atomic E-state index is 13.0. The number of phenolic OH excluding ortho intramolecular Hbond substituents is 3. The highest BCUT2D eigenvalue weighted by atomic mass is 16.3. The van der Waals surface area contributed by atoms with E-state index in [0.29, 0.717) is 17.5 Å². The van der Waals surface area contributed by atoms with Gasteiger partial charge in [0.25, 0.3) is 0 Å². The first-order valence-electron chi connectivity index (χ1n) is 8.89. The molecule has 0 radical (unpaired) electrons. The van der Waals surface area contributed by atoms with Gasteiger partial charge in [0.15, 0.2) is 0 Å². The summed E-state index contributed by atoms with van der Waals surface area (Å²) in [4.78, 5) is 13.0. The van der Waals surface area contributed by atoms with E-state index < -0.39 is 11.2 Å². The average molecular weight is 382 g/mol. The van der Waals surface area contributed by atoms with E-state index in [0.717, 1.165) is 5.57 Å². The highest BCUT2D eigenvalue weighted by Crippen LogP contribution is 2.35. The van der Waals surface area contributed by atoms with Gasteiger partial charge in [0.05, 0.1) is 5.56 Å². The quantitative estimate of drug-likeness (QED) is 0.502. The number of aliphatic hydroxyl groups excluding tert-OH is 1. The van der Waals surface area contributed by atoms with Crippen LogP contribution in [-0.4, -0.2) is 27.0 Å². The van der Waals surface area contributed by atoms with Crippen LogP contribution in [0.25, 0.3) is 22.1 Å². The molecular weight excluding hydrogens is 360 g/mol. The van der Waals surface area contributed by atoms with E-state index in [-0.39, 0.29) is 46.6 Å². The first-order chi connectivity index (χ1) is 13.3. The van der Waals surface area contributed by atoms with E-state index in [4.69, 9.17) is 9.52 Å². The molecule has 0 fully saturated rings. The average Bonchev–Trinajstić information content (AvgIpc) is 2.64. The molecule has 0 spiro atoms. The molecule has 0 saturated carbocycles. The van der Waals surface area contributed by atoms with Crippen LogP contribution in [0, 0.1) is 0 Å². The van der Waals surface area contributed by atoms with Crippen LogP contribution < -0.4 is 5.43 Å². The monoisotopic (exact) mass is 382 g/mol. The summed E-state index contributed by atoms with van der Waals surface area (Å²) in [6, 6.07) is 6.08. The second-order valence-corrected chi connectivity index (χ2v) is 6.88. The van der Waals surface area contributed by atoms with Gasteiger partial charge in [-0.1, -0.05) is 17.7 Å². The molecule has 1 aromatic heterocycles. The van der Waals surface area contributed by atoms with E-state index >= 15 is 0 Å². The van der Waals surface area contributed by atoms with Crippen molar-refractivity contribution >= 4 is 11.0 Å². The summed E-state index contributed by atoms with van der Waals surface area (Å²) < 4.78 is 5.48. The van der Waals surface area contributed by atoms with Crippen LogP contribution in [0.1, 0.15) is 25.0 Å². The van der Waals surface area contributed by atoms with Crippen LogP contribution in [-0.2, 0) is 12.8 Å². The zero-order chi connectivity index (χ0) is 20.4. The third-order valence-corrected chi connectivity index (χ3v) is 4.60. The Morgan fingerprint density at radius 3 is 2.54 bits per heavy atom. The van der Waals surface area contributed by atoms with Crippen LogP contribution in [0.2, 0.25) is 0 Å². The molecule has 28 heavy (non-hydrogen) atoms. The number of hydrogen-bond donors (Lipinski definition) is 4. The van der Waals surface area contributed by atoms with Crippen molar-refractivity contribution in [1.29, 1.82) is 0 Å². The minimum absolute atomic E-state index is 0.00331. The van der Waals surface area contributed by atoms with Gasteiger partial charge in [-0.15, -0.1) is 0 Å². The van der Waals surface area contributed by atoms with Crippen molar-refractivity contribution in [3.05, 3.63) is 63.5 Å². The third kappa shape index (κ3) is 3.59. The normalized spacial score (nSPS) is 11.0. The van der Waals surface area contributed by atoms with Gasteiger partial charge in [0, 0.05) is 24.7 Å². The number of hydrogen-bond acceptors (Lipinski definition) is 6. The minimum atomic E-state index is -0.461. The fraction of sp³-hybridized carbons (Fsp3) is 0.227. The third-order valence-electron chi connectivity index (χ3n) is 4.60. The molecular formula is C22H22O6. The first kappa shape index (κ1) is 19.5. The number of rotatable bonds is 5. The molecule has 0 atom stereocenters. The summed E-state index contributed by atoms with van der Waals surface area (Å²) in [7, 11) is 0. The maximum absolute atomic E-state index is 13.0. The van der Waals surface area contributed by atoms with Crippen molar-refractivity contribution < 1.29 is 24.8 Å². The van der Waals surface area contributed by atoms with Gasteiger partial charge in [-0.2, -0.15) is 0 Å². The molecule has 0 bridgehead atoms. The SMILES string of the molecule is CC(C)=CCc1cc(-c2coc3cc(O)c(CCO)c(O)c3c2=O)ccc1O. The van der Waals surface area contributed by atoms with E-state index in [9.17, 15) is 20.1 Å². The molecule has 0 unspecified atom stereocenters. The lowest BCUT2D eigenvalue weighted by atomic mass is 9.99. The van der Waals surface area contributed by atoms with E-state index in [1.807, 2.05) is 19.9 Å². The number of aromatic hydroxyl groups is 3. The molecule has 1 heterocycles. The number of aliphatic hydroxyl groups is 1. The standard InChI is InChI=1S/C22H22O6/c1-12(2)3-4-14-9-13(5-6-17(14)24)16-11-28-19-10-18(25)15(7-8-23)21(26)20(19)22(16)27/h3,5-6,9-11,23-26H,4,7-8H2,1-2H3. The summed E-state index contributed by atoms with van der Waals surface area (Å²) in [5.41, 5.74) is 2.22. The molecule has 0 aliphatic rings. The Bertz CT molecular complexity index is 1120. The maximum Gasteiger partial charge on any atom is 0.204 e. The highest BCUT2D eigenvalue weighted by Gasteiger charge is 2.19. The van der Waals surface area contributed by atoms with Gasteiger partial charge >= 0.3 is 0 Å². The summed E-state index contributed by atoms with van der Waals surface area (Å²) >= 11 is 0. The molecule has 3 aromatic rings. The number of phenols is 3. The molecule has 0 amide bonds. The second-order valence-electron chi connectivity index (χ2n) is 6.88. The molecule has 0 saturated heterocycles. The Morgan fingerprint density at radius 2 is 1.86 bits per heavy atom. The van der Waals surface area contributed by atoms with Gasteiger partial charge in [0.2, 0.25) is 5.43 Å². The molecule has 6 nitrogen and oxygen atoms in total. The van der Waals surface area contributed by atoms with Crippen LogP contribution in [0.5, 0.6) is 17.2 Å². The van der Waals surface area contributed by atoms with Crippen molar-refractivity contribution in [2.45, 2.75) is 26.7 Å². The molecule has 0 aliphatic heterocycles. The van der Waals surface area contributed by atoms with Crippen molar-refractivity contribution in [3.8, 4) is 28.4 Å². The summed E-state index contributed by atoms with van der Waals surface area (Å²) in [5.74, 6) is -0.517. The van der Waals surface area contributed by atoms with Crippen LogP contribution >= 0.6 is 0 Å². The molecule has 6 heteroatoms.